The topological polar surface area (TPSA) is 43.4 Å². The zero-order valence-electron chi connectivity index (χ0n) is 17.1. The number of esters is 1. The first-order valence-corrected chi connectivity index (χ1v) is 10.0. The molecule has 0 amide bonds. The summed E-state index contributed by atoms with van der Waals surface area (Å²) in [7, 11) is 0. The molecule has 0 aliphatic rings. The number of ether oxygens (including phenoxy) is 1. The summed E-state index contributed by atoms with van der Waals surface area (Å²) in [6, 6.07) is 29.7. The first-order valence-electron chi connectivity index (χ1n) is 10.0. The Hall–Kier alpha value is -4.31. The third-order valence-corrected chi connectivity index (χ3v) is 4.89. The Bertz CT molecular complexity index is 1260. The Morgan fingerprint density at radius 1 is 0.688 bits per heavy atom. The molecule has 0 aliphatic carbocycles. The fraction of sp³-hybridized carbons (Fsp3) is 0. The summed E-state index contributed by atoms with van der Waals surface area (Å²) in [6.07, 6.45) is 3.19. The summed E-state index contributed by atoms with van der Waals surface area (Å²) in [4.78, 5) is 24.6. The molecule has 4 aromatic carbocycles. The van der Waals surface area contributed by atoms with Crippen LogP contribution in [0.25, 0.3) is 17.2 Å². The average Bonchev–Trinajstić information content (AvgIpc) is 2.84. The molecule has 0 aromatic heterocycles. The molecule has 0 heterocycles. The van der Waals surface area contributed by atoms with Gasteiger partial charge < -0.3 is 4.74 Å². The van der Waals surface area contributed by atoms with Gasteiger partial charge in [-0.25, -0.2) is 9.18 Å². The fourth-order valence-electron chi connectivity index (χ4n) is 3.16. The normalized spacial score (nSPS) is 10.8. The number of hydrogen-bond acceptors (Lipinski definition) is 3. The number of benzene rings is 4. The number of hydrogen-bond donors (Lipinski definition) is 0. The van der Waals surface area contributed by atoms with Gasteiger partial charge in [0, 0.05) is 5.56 Å². The van der Waals surface area contributed by atoms with Crippen LogP contribution in [-0.2, 0) is 0 Å². The molecule has 0 atom stereocenters. The van der Waals surface area contributed by atoms with Crippen LogP contribution in [0.2, 0.25) is 0 Å². The first kappa shape index (κ1) is 20.9. The van der Waals surface area contributed by atoms with Gasteiger partial charge in [0.05, 0.1) is 5.56 Å². The highest BCUT2D eigenvalue weighted by atomic mass is 19.1. The minimum absolute atomic E-state index is 0.111. The Morgan fingerprint density at radius 3 is 2.00 bits per heavy atom. The van der Waals surface area contributed by atoms with Crippen molar-refractivity contribution in [3.8, 4) is 16.9 Å². The standard InChI is InChI=1S/C28H19FO3/c29-26-9-5-4-8-25(26)28(31)32-24-17-10-20(11-18-24)12-19-27(30)23-15-13-22(14-16-23)21-6-2-1-3-7-21/h1-19H. The number of carbonyl (C=O) groups excluding carboxylic acids is 2. The van der Waals surface area contributed by atoms with Gasteiger partial charge in [0.15, 0.2) is 5.78 Å². The van der Waals surface area contributed by atoms with Crippen molar-refractivity contribution in [2.75, 3.05) is 0 Å². The first-order chi connectivity index (χ1) is 15.6. The van der Waals surface area contributed by atoms with Gasteiger partial charge in [-0.05, 0) is 47.0 Å². The molecule has 0 unspecified atom stereocenters. The Morgan fingerprint density at radius 2 is 1.31 bits per heavy atom. The van der Waals surface area contributed by atoms with E-state index in [0.717, 1.165) is 16.7 Å². The third-order valence-electron chi connectivity index (χ3n) is 4.89. The van der Waals surface area contributed by atoms with Crippen molar-refractivity contribution in [2.24, 2.45) is 0 Å². The van der Waals surface area contributed by atoms with Crippen LogP contribution in [0.4, 0.5) is 4.39 Å². The molecule has 0 saturated heterocycles. The van der Waals surface area contributed by atoms with Crippen LogP contribution >= 0.6 is 0 Å². The lowest BCUT2D eigenvalue weighted by molar-refractivity contribution is 0.0729. The summed E-state index contributed by atoms with van der Waals surface area (Å²) >= 11 is 0. The van der Waals surface area contributed by atoms with Gasteiger partial charge in [-0.3, -0.25) is 4.79 Å². The van der Waals surface area contributed by atoms with E-state index in [1.165, 1.54) is 24.3 Å². The van der Waals surface area contributed by atoms with Crippen LogP contribution in [0.15, 0.2) is 109 Å². The largest absolute Gasteiger partial charge is 0.423 e. The lowest BCUT2D eigenvalue weighted by Crippen LogP contribution is -2.10. The molecule has 3 nitrogen and oxygen atoms in total. The van der Waals surface area contributed by atoms with E-state index in [1.807, 2.05) is 42.5 Å². The predicted molar refractivity (Wildman–Crippen MR) is 123 cm³/mol. The zero-order chi connectivity index (χ0) is 22.3. The van der Waals surface area contributed by atoms with Crippen molar-refractivity contribution in [1.29, 1.82) is 0 Å². The van der Waals surface area contributed by atoms with E-state index in [2.05, 4.69) is 0 Å². The zero-order valence-corrected chi connectivity index (χ0v) is 17.1. The van der Waals surface area contributed by atoms with E-state index in [-0.39, 0.29) is 11.3 Å². The van der Waals surface area contributed by atoms with E-state index in [1.54, 1.807) is 48.5 Å². The van der Waals surface area contributed by atoms with Crippen LogP contribution in [0.1, 0.15) is 26.3 Å². The van der Waals surface area contributed by atoms with E-state index < -0.39 is 11.8 Å². The van der Waals surface area contributed by atoms with Gasteiger partial charge >= 0.3 is 5.97 Å². The van der Waals surface area contributed by atoms with Gasteiger partial charge in [0.2, 0.25) is 0 Å². The molecule has 4 aromatic rings. The molecule has 4 rings (SSSR count). The molecule has 0 N–H and O–H groups in total. The highest BCUT2D eigenvalue weighted by Crippen LogP contribution is 2.20. The number of carbonyl (C=O) groups is 2. The predicted octanol–water partition coefficient (Wildman–Crippen LogP) is 6.61. The lowest BCUT2D eigenvalue weighted by Gasteiger charge is -2.05. The summed E-state index contributed by atoms with van der Waals surface area (Å²) in [6.45, 7) is 0. The van der Waals surface area contributed by atoms with Gasteiger partial charge in [-0.2, -0.15) is 0 Å². The number of halogens is 1. The molecule has 0 aliphatic heterocycles. The molecular weight excluding hydrogens is 403 g/mol. The minimum Gasteiger partial charge on any atom is -0.423 e. The SMILES string of the molecule is O=C(C=Cc1ccc(OC(=O)c2ccccc2F)cc1)c1ccc(-c2ccccc2)cc1. The van der Waals surface area contributed by atoms with Crippen LogP contribution in [0.3, 0.4) is 0 Å². The maximum absolute atomic E-state index is 13.7. The van der Waals surface area contributed by atoms with Crippen molar-refractivity contribution >= 4 is 17.8 Å². The molecule has 0 spiro atoms. The van der Waals surface area contributed by atoms with E-state index in [0.29, 0.717) is 11.3 Å². The van der Waals surface area contributed by atoms with Crippen LogP contribution in [0.5, 0.6) is 5.75 Å². The van der Waals surface area contributed by atoms with Crippen molar-refractivity contribution in [1.82, 2.24) is 0 Å². The second-order valence-corrected chi connectivity index (χ2v) is 7.08. The molecule has 0 saturated carbocycles. The molecule has 32 heavy (non-hydrogen) atoms. The molecule has 0 fully saturated rings. The third kappa shape index (κ3) is 5.05. The minimum atomic E-state index is -0.763. The van der Waals surface area contributed by atoms with E-state index in [4.69, 9.17) is 4.74 Å². The second-order valence-electron chi connectivity index (χ2n) is 7.08. The second kappa shape index (κ2) is 9.67. The van der Waals surface area contributed by atoms with Crippen molar-refractivity contribution in [3.05, 3.63) is 132 Å². The molecule has 0 bridgehead atoms. The molecule has 4 heteroatoms. The Kier molecular flexibility index (Phi) is 6.33. The molecule has 156 valence electrons. The summed E-state index contributed by atoms with van der Waals surface area (Å²) in [5.41, 5.74) is 3.38. The summed E-state index contributed by atoms with van der Waals surface area (Å²) in [5, 5.41) is 0. The fourth-order valence-corrected chi connectivity index (χ4v) is 3.16. The summed E-state index contributed by atoms with van der Waals surface area (Å²) < 4.78 is 18.9. The lowest BCUT2D eigenvalue weighted by atomic mass is 10.0. The van der Waals surface area contributed by atoms with Gasteiger partial charge in [-0.1, -0.05) is 84.9 Å². The summed E-state index contributed by atoms with van der Waals surface area (Å²) in [5.74, 6) is -1.22. The average molecular weight is 422 g/mol. The number of allylic oxidation sites excluding steroid dienone is 1. The van der Waals surface area contributed by atoms with Crippen molar-refractivity contribution < 1.29 is 18.7 Å². The Balaban J connectivity index is 1.39. The van der Waals surface area contributed by atoms with E-state index in [9.17, 15) is 14.0 Å². The maximum atomic E-state index is 13.7. The highest BCUT2D eigenvalue weighted by molar-refractivity contribution is 6.07. The van der Waals surface area contributed by atoms with Crippen LogP contribution < -0.4 is 4.74 Å². The number of ketones is 1. The van der Waals surface area contributed by atoms with Crippen LogP contribution in [0, 0.1) is 5.82 Å². The van der Waals surface area contributed by atoms with Gasteiger partial charge in [0.25, 0.3) is 0 Å². The maximum Gasteiger partial charge on any atom is 0.346 e. The molecular formula is C28H19FO3. The Labute approximate surface area is 185 Å². The van der Waals surface area contributed by atoms with Gasteiger partial charge in [0.1, 0.15) is 11.6 Å². The van der Waals surface area contributed by atoms with E-state index >= 15 is 0 Å². The quantitative estimate of drug-likeness (QED) is 0.152. The van der Waals surface area contributed by atoms with Crippen LogP contribution in [-0.4, -0.2) is 11.8 Å². The monoisotopic (exact) mass is 422 g/mol. The smallest absolute Gasteiger partial charge is 0.346 e. The molecule has 0 radical (unpaired) electrons. The number of rotatable bonds is 6. The van der Waals surface area contributed by atoms with Gasteiger partial charge in [-0.15, -0.1) is 0 Å². The van der Waals surface area contributed by atoms with Crippen molar-refractivity contribution in [3.63, 3.8) is 0 Å². The van der Waals surface area contributed by atoms with Crippen molar-refractivity contribution in [2.45, 2.75) is 0 Å². The highest BCUT2D eigenvalue weighted by Gasteiger charge is 2.13.